The summed E-state index contributed by atoms with van der Waals surface area (Å²) in [4.78, 5) is 13.7. The fraction of sp³-hybridized carbons (Fsp3) is 0.615. The van der Waals surface area contributed by atoms with Gasteiger partial charge in [-0.15, -0.1) is 0 Å². The maximum atomic E-state index is 13.7. The van der Waals surface area contributed by atoms with E-state index in [1.54, 1.807) is 14.2 Å². The highest BCUT2D eigenvalue weighted by molar-refractivity contribution is 6.07. The van der Waals surface area contributed by atoms with Gasteiger partial charge in [0.2, 0.25) is 5.91 Å². The lowest BCUT2D eigenvalue weighted by Crippen LogP contribution is -2.59. The average molecular weight is 421 g/mol. The minimum absolute atomic E-state index is 0.00258. The van der Waals surface area contributed by atoms with E-state index in [0.29, 0.717) is 23.6 Å². The molecule has 1 aromatic rings. The number of hydrogen-bond acceptors (Lipinski definition) is 4. The van der Waals surface area contributed by atoms with Crippen molar-refractivity contribution in [1.29, 1.82) is 0 Å². The van der Waals surface area contributed by atoms with Gasteiger partial charge in [0.05, 0.1) is 31.9 Å². The summed E-state index contributed by atoms with van der Waals surface area (Å²) in [5, 5.41) is 7.14. The van der Waals surface area contributed by atoms with Crippen molar-refractivity contribution in [3.05, 3.63) is 35.9 Å². The Kier molecular flexibility index (Phi) is 4.62. The highest BCUT2D eigenvalue weighted by atomic mass is 16.5. The van der Waals surface area contributed by atoms with Gasteiger partial charge in [0, 0.05) is 11.5 Å². The van der Waals surface area contributed by atoms with Crippen LogP contribution in [-0.4, -0.2) is 36.9 Å². The molecule has 6 aliphatic rings. The summed E-state index contributed by atoms with van der Waals surface area (Å²) in [6.07, 6.45) is 12.7. The van der Waals surface area contributed by atoms with Gasteiger partial charge in [-0.1, -0.05) is 12.2 Å². The number of allylic oxidation sites excluding steroid dienone is 2. The molecule has 7 rings (SSSR count). The molecule has 0 unspecified atom stereocenters. The van der Waals surface area contributed by atoms with Crippen LogP contribution in [0.15, 0.2) is 35.5 Å². The molecular weight excluding hydrogens is 388 g/mol. The highest BCUT2D eigenvalue weighted by Gasteiger charge is 2.53. The molecule has 1 amide bonds. The maximum absolute atomic E-state index is 13.7. The van der Waals surface area contributed by atoms with Gasteiger partial charge in [-0.2, -0.15) is 5.10 Å². The second-order valence-electron chi connectivity index (χ2n) is 10.3. The van der Waals surface area contributed by atoms with Crippen molar-refractivity contribution in [1.82, 2.24) is 5.01 Å². The Morgan fingerprint density at radius 3 is 2.16 bits per heavy atom. The van der Waals surface area contributed by atoms with Crippen molar-refractivity contribution in [2.75, 3.05) is 14.2 Å². The van der Waals surface area contributed by atoms with Gasteiger partial charge in [-0.05, 0) is 86.8 Å². The summed E-state index contributed by atoms with van der Waals surface area (Å²) in [7, 11) is 3.32. The van der Waals surface area contributed by atoms with Crippen LogP contribution < -0.4 is 9.47 Å². The van der Waals surface area contributed by atoms with E-state index in [2.05, 4.69) is 18.2 Å². The number of nitrogens with zero attached hydrogens (tertiary/aromatic N) is 2. The third-order valence-electron chi connectivity index (χ3n) is 8.68. The first-order chi connectivity index (χ1) is 15.2. The molecule has 0 radical (unpaired) electrons. The minimum atomic E-state index is 0.00258. The number of carbonyl (C=O) groups is 1. The Bertz CT molecular complexity index is 924. The molecule has 4 bridgehead atoms. The zero-order valence-corrected chi connectivity index (χ0v) is 18.5. The molecule has 5 nitrogen and oxygen atoms in total. The predicted molar refractivity (Wildman–Crippen MR) is 119 cm³/mol. The molecule has 0 aromatic heterocycles. The smallest absolute Gasteiger partial charge is 0.247 e. The van der Waals surface area contributed by atoms with Crippen molar-refractivity contribution in [2.24, 2.45) is 40.6 Å². The first-order valence-corrected chi connectivity index (χ1v) is 11.9. The molecule has 0 saturated heterocycles. The summed E-state index contributed by atoms with van der Waals surface area (Å²) >= 11 is 0. The Labute approximate surface area is 184 Å². The Morgan fingerprint density at radius 2 is 1.52 bits per heavy atom. The van der Waals surface area contributed by atoms with Gasteiger partial charge in [-0.3, -0.25) is 4.79 Å². The van der Waals surface area contributed by atoms with Crippen LogP contribution >= 0.6 is 0 Å². The van der Waals surface area contributed by atoms with Crippen molar-refractivity contribution < 1.29 is 14.3 Å². The molecule has 1 aromatic carbocycles. The molecule has 164 valence electrons. The normalized spacial score (nSPS) is 38.1. The fourth-order valence-electron chi connectivity index (χ4n) is 7.58. The molecule has 4 saturated carbocycles. The standard InChI is InChI=1S/C26H32N2O3/c1-30-22-8-7-17(14-23(22)31-2)24-20-5-3-4-6-21(20)26(29)28(27-24)25-18-10-15-9-16(12-18)13-19(25)11-15/h3-4,7-8,14-16,18-21,25H,5-6,9-13H2,1-2H3/t15?,16?,18?,19?,20-,21+,25?/m1/s1. The summed E-state index contributed by atoms with van der Waals surface area (Å²) < 4.78 is 11.0. The molecule has 0 spiro atoms. The van der Waals surface area contributed by atoms with Gasteiger partial charge in [0.15, 0.2) is 11.5 Å². The number of carbonyl (C=O) groups excluding carboxylic acids is 1. The predicted octanol–water partition coefficient (Wildman–Crippen LogP) is 4.66. The highest BCUT2D eigenvalue weighted by Crippen LogP contribution is 2.56. The lowest BCUT2D eigenvalue weighted by molar-refractivity contribution is -0.150. The Balaban J connectivity index is 1.42. The molecule has 2 atom stereocenters. The summed E-state index contributed by atoms with van der Waals surface area (Å²) in [5.74, 6) is 4.87. The van der Waals surface area contributed by atoms with Crippen LogP contribution in [0.3, 0.4) is 0 Å². The van der Waals surface area contributed by atoms with Crippen molar-refractivity contribution in [3.8, 4) is 11.5 Å². The lowest BCUT2D eigenvalue weighted by Gasteiger charge is -2.57. The van der Waals surface area contributed by atoms with Crippen LogP contribution in [0.25, 0.3) is 0 Å². The third kappa shape index (κ3) is 3.03. The number of hydrazone groups is 1. The van der Waals surface area contributed by atoms with Gasteiger partial charge in [-0.25, -0.2) is 5.01 Å². The number of rotatable bonds is 4. The van der Waals surface area contributed by atoms with E-state index in [-0.39, 0.29) is 17.7 Å². The minimum Gasteiger partial charge on any atom is -0.493 e. The van der Waals surface area contributed by atoms with E-state index < -0.39 is 0 Å². The van der Waals surface area contributed by atoms with Gasteiger partial charge >= 0.3 is 0 Å². The first kappa shape index (κ1) is 19.4. The number of hydrogen-bond donors (Lipinski definition) is 0. The molecule has 1 heterocycles. The molecule has 5 heteroatoms. The Hall–Kier alpha value is -2.30. The summed E-state index contributed by atoms with van der Waals surface area (Å²) in [5.41, 5.74) is 2.09. The van der Waals surface area contributed by atoms with Crippen molar-refractivity contribution in [2.45, 2.75) is 51.0 Å². The van der Waals surface area contributed by atoms with E-state index >= 15 is 0 Å². The van der Waals surface area contributed by atoms with E-state index in [1.165, 1.54) is 32.1 Å². The summed E-state index contributed by atoms with van der Waals surface area (Å²) in [6, 6.07) is 6.34. The number of fused-ring (bicyclic) bond motifs is 1. The molecule has 0 N–H and O–H groups in total. The van der Waals surface area contributed by atoms with Gasteiger partial charge < -0.3 is 9.47 Å². The summed E-state index contributed by atoms with van der Waals surface area (Å²) in [6.45, 7) is 0. The van der Waals surface area contributed by atoms with Gasteiger partial charge in [0.25, 0.3) is 0 Å². The average Bonchev–Trinajstić information content (AvgIpc) is 2.79. The Morgan fingerprint density at radius 1 is 0.871 bits per heavy atom. The van der Waals surface area contributed by atoms with Crippen LogP contribution in [-0.2, 0) is 4.79 Å². The van der Waals surface area contributed by atoms with E-state index in [9.17, 15) is 4.79 Å². The fourth-order valence-corrected chi connectivity index (χ4v) is 7.58. The number of methoxy groups -OCH3 is 2. The molecule has 5 aliphatic carbocycles. The largest absolute Gasteiger partial charge is 0.493 e. The maximum Gasteiger partial charge on any atom is 0.247 e. The third-order valence-corrected chi connectivity index (χ3v) is 8.68. The van der Waals surface area contributed by atoms with Crippen molar-refractivity contribution >= 4 is 11.6 Å². The lowest BCUT2D eigenvalue weighted by atomic mass is 9.54. The van der Waals surface area contributed by atoms with Crippen LogP contribution in [0.2, 0.25) is 0 Å². The number of benzene rings is 1. The van der Waals surface area contributed by atoms with Crippen LogP contribution in [0.4, 0.5) is 0 Å². The van der Waals surface area contributed by atoms with Crippen LogP contribution in [0.1, 0.15) is 50.5 Å². The van der Waals surface area contributed by atoms with Crippen LogP contribution in [0.5, 0.6) is 11.5 Å². The van der Waals surface area contributed by atoms with Crippen molar-refractivity contribution in [3.63, 3.8) is 0 Å². The quantitative estimate of drug-likeness (QED) is 0.666. The molecule has 1 aliphatic heterocycles. The molecule has 31 heavy (non-hydrogen) atoms. The first-order valence-electron chi connectivity index (χ1n) is 11.9. The number of amides is 1. The van der Waals surface area contributed by atoms with Gasteiger partial charge in [0.1, 0.15) is 0 Å². The second kappa shape index (κ2) is 7.39. The second-order valence-corrected chi connectivity index (χ2v) is 10.3. The number of ether oxygens (including phenoxy) is 2. The zero-order chi connectivity index (χ0) is 21.1. The van der Waals surface area contributed by atoms with E-state index in [4.69, 9.17) is 14.6 Å². The molecule has 4 fully saturated rings. The zero-order valence-electron chi connectivity index (χ0n) is 18.5. The SMILES string of the molecule is COc1ccc(C2=NN(C3C4CC5CC(C4)CC3C5)C(=O)[C@H]3CC=CC[C@@H]23)cc1OC. The monoisotopic (exact) mass is 420 g/mol. The topological polar surface area (TPSA) is 51.1 Å². The molecular formula is C26H32N2O3. The van der Waals surface area contributed by atoms with E-state index in [0.717, 1.165) is 41.7 Å². The van der Waals surface area contributed by atoms with Crippen LogP contribution in [0, 0.1) is 35.5 Å². The van der Waals surface area contributed by atoms with E-state index in [1.807, 2.05) is 17.1 Å².